The Morgan fingerprint density at radius 3 is 3.25 bits per heavy atom. The fraction of sp³-hybridized carbons (Fsp3) is 0.100. The molecule has 12 heavy (non-hydrogen) atoms. The van der Waals surface area contributed by atoms with Gasteiger partial charge in [0.25, 0.3) is 0 Å². The van der Waals surface area contributed by atoms with Crippen LogP contribution in [0.1, 0.15) is 0 Å². The second-order valence-electron chi connectivity index (χ2n) is 2.56. The van der Waals surface area contributed by atoms with Crippen molar-refractivity contribution in [2.45, 2.75) is 6.54 Å². The Labute approximate surface area is 70.8 Å². The molecule has 0 bridgehead atoms. The first kappa shape index (κ1) is 6.93. The van der Waals surface area contributed by atoms with E-state index in [1.165, 1.54) is 0 Å². The van der Waals surface area contributed by atoms with Crippen molar-refractivity contribution in [2.75, 3.05) is 0 Å². The van der Waals surface area contributed by atoms with Gasteiger partial charge in [-0.3, -0.25) is 0 Å². The number of terminal acetylenes is 1. The number of aromatic nitrogens is 2. The molecule has 0 aliphatic heterocycles. The topological polar surface area (TPSA) is 17.8 Å². The molecule has 2 aromatic heterocycles. The monoisotopic (exact) mass is 156 g/mol. The highest BCUT2D eigenvalue weighted by molar-refractivity contribution is 5.75. The van der Waals surface area contributed by atoms with Gasteiger partial charge in [0, 0.05) is 17.8 Å². The quantitative estimate of drug-likeness (QED) is 0.574. The molecular formula is C10H8N2. The van der Waals surface area contributed by atoms with Gasteiger partial charge in [-0.05, 0) is 18.2 Å². The van der Waals surface area contributed by atoms with E-state index in [-0.39, 0.29) is 0 Å². The summed E-state index contributed by atoms with van der Waals surface area (Å²) in [4.78, 5) is 4.23. The zero-order chi connectivity index (χ0) is 8.39. The van der Waals surface area contributed by atoms with Gasteiger partial charge >= 0.3 is 0 Å². The summed E-state index contributed by atoms with van der Waals surface area (Å²) in [5.41, 5.74) is 0.954. The number of fused-ring (bicyclic) bond motifs is 1. The molecule has 0 radical (unpaired) electrons. The van der Waals surface area contributed by atoms with Gasteiger partial charge < -0.3 is 4.57 Å². The van der Waals surface area contributed by atoms with E-state index in [0.717, 1.165) is 11.0 Å². The first-order chi connectivity index (χ1) is 5.92. The van der Waals surface area contributed by atoms with E-state index >= 15 is 0 Å². The minimum atomic E-state index is 0.584. The number of rotatable bonds is 1. The van der Waals surface area contributed by atoms with Crippen LogP contribution >= 0.6 is 0 Å². The first-order valence-corrected chi connectivity index (χ1v) is 3.75. The number of pyridine rings is 1. The molecule has 0 amide bonds. The summed E-state index contributed by atoms with van der Waals surface area (Å²) in [6, 6.07) is 5.96. The van der Waals surface area contributed by atoms with E-state index in [2.05, 4.69) is 10.9 Å². The normalized spacial score (nSPS) is 9.92. The smallest absolute Gasteiger partial charge is 0.140 e. The largest absolute Gasteiger partial charge is 0.321 e. The van der Waals surface area contributed by atoms with Gasteiger partial charge in [-0.15, -0.1) is 6.42 Å². The van der Waals surface area contributed by atoms with Crippen molar-refractivity contribution in [2.24, 2.45) is 0 Å². The van der Waals surface area contributed by atoms with Crippen LogP contribution < -0.4 is 0 Å². The minimum Gasteiger partial charge on any atom is -0.321 e. The van der Waals surface area contributed by atoms with Crippen molar-refractivity contribution in [3.05, 3.63) is 30.6 Å². The molecule has 0 saturated heterocycles. The lowest BCUT2D eigenvalue weighted by Gasteiger charge is -1.96. The molecule has 0 fully saturated rings. The summed E-state index contributed by atoms with van der Waals surface area (Å²) in [7, 11) is 0. The Balaban J connectivity index is 2.64. The average molecular weight is 156 g/mol. The zero-order valence-electron chi connectivity index (χ0n) is 6.57. The lowest BCUT2D eigenvalue weighted by Crippen LogP contribution is -1.93. The van der Waals surface area contributed by atoms with Crippen LogP contribution in [0.5, 0.6) is 0 Å². The predicted octanol–water partition coefficient (Wildman–Crippen LogP) is 1.67. The van der Waals surface area contributed by atoms with Crippen LogP contribution in [0.3, 0.4) is 0 Å². The predicted molar refractivity (Wildman–Crippen MR) is 48.6 cm³/mol. The minimum absolute atomic E-state index is 0.584. The Morgan fingerprint density at radius 2 is 2.42 bits per heavy atom. The molecule has 58 valence electrons. The van der Waals surface area contributed by atoms with Gasteiger partial charge in [0.1, 0.15) is 5.65 Å². The first-order valence-electron chi connectivity index (χ1n) is 3.75. The maximum atomic E-state index is 5.21. The number of nitrogens with zero attached hydrogens (tertiary/aromatic N) is 2. The fourth-order valence-electron chi connectivity index (χ4n) is 1.25. The summed E-state index contributed by atoms with van der Waals surface area (Å²) in [5.74, 6) is 2.59. The van der Waals surface area contributed by atoms with Gasteiger partial charge in [-0.1, -0.05) is 5.92 Å². The highest BCUT2D eigenvalue weighted by atomic mass is 15.0. The van der Waals surface area contributed by atoms with Crippen molar-refractivity contribution >= 4 is 11.0 Å². The molecule has 2 heteroatoms. The van der Waals surface area contributed by atoms with Crippen molar-refractivity contribution in [3.63, 3.8) is 0 Å². The molecule has 0 spiro atoms. The average Bonchev–Trinajstić information content (AvgIpc) is 2.50. The van der Waals surface area contributed by atoms with Crippen molar-refractivity contribution in [1.29, 1.82) is 0 Å². The second-order valence-corrected chi connectivity index (χ2v) is 2.56. The number of hydrogen-bond donors (Lipinski definition) is 0. The molecule has 0 N–H and O–H groups in total. The third kappa shape index (κ3) is 0.960. The standard InChI is InChI=1S/C10H8N2/c1-2-7-12-8-5-9-4-3-6-11-10(9)12/h1,3-6,8H,7H2. The van der Waals surface area contributed by atoms with E-state index in [0.29, 0.717) is 6.54 Å². The molecular weight excluding hydrogens is 148 g/mol. The van der Waals surface area contributed by atoms with E-state index in [4.69, 9.17) is 6.42 Å². The summed E-state index contributed by atoms with van der Waals surface area (Å²) < 4.78 is 1.95. The van der Waals surface area contributed by atoms with Crippen molar-refractivity contribution < 1.29 is 0 Å². The van der Waals surface area contributed by atoms with E-state index in [1.54, 1.807) is 6.20 Å². The molecule has 0 aromatic carbocycles. The molecule has 2 nitrogen and oxygen atoms in total. The Hall–Kier alpha value is -1.75. The maximum absolute atomic E-state index is 5.21. The third-order valence-corrected chi connectivity index (χ3v) is 1.78. The maximum Gasteiger partial charge on any atom is 0.140 e. The van der Waals surface area contributed by atoms with E-state index in [1.807, 2.05) is 29.0 Å². The van der Waals surface area contributed by atoms with Gasteiger partial charge in [-0.2, -0.15) is 0 Å². The highest BCUT2D eigenvalue weighted by Gasteiger charge is 1.97. The van der Waals surface area contributed by atoms with Crippen LogP contribution in [0.2, 0.25) is 0 Å². The SMILES string of the molecule is C#CCn1ccc2cccnc21. The Kier molecular flexibility index (Phi) is 1.56. The van der Waals surface area contributed by atoms with Crippen LogP contribution in [0.4, 0.5) is 0 Å². The number of hydrogen-bond acceptors (Lipinski definition) is 1. The molecule has 0 aliphatic carbocycles. The lowest BCUT2D eigenvalue weighted by atomic mass is 10.3. The van der Waals surface area contributed by atoms with Crippen LogP contribution in [0.25, 0.3) is 11.0 Å². The zero-order valence-corrected chi connectivity index (χ0v) is 6.57. The van der Waals surface area contributed by atoms with Crippen LogP contribution in [-0.4, -0.2) is 9.55 Å². The van der Waals surface area contributed by atoms with Crippen molar-refractivity contribution in [1.82, 2.24) is 9.55 Å². The van der Waals surface area contributed by atoms with Crippen LogP contribution in [-0.2, 0) is 6.54 Å². The second kappa shape index (κ2) is 2.71. The van der Waals surface area contributed by atoms with Gasteiger partial charge in [0.2, 0.25) is 0 Å². The van der Waals surface area contributed by atoms with Gasteiger partial charge in [0.05, 0.1) is 6.54 Å². The van der Waals surface area contributed by atoms with Crippen LogP contribution in [0, 0.1) is 12.3 Å². The summed E-state index contributed by atoms with van der Waals surface area (Å²) in [6.45, 7) is 0.584. The summed E-state index contributed by atoms with van der Waals surface area (Å²) in [6.07, 6.45) is 8.94. The van der Waals surface area contributed by atoms with Gasteiger partial charge in [-0.25, -0.2) is 4.98 Å². The third-order valence-electron chi connectivity index (χ3n) is 1.78. The molecule has 0 saturated carbocycles. The molecule has 0 atom stereocenters. The van der Waals surface area contributed by atoms with Crippen molar-refractivity contribution in [3.8, 4) is 12.3 Å². The summed E-state index contributed by atoms with van der Waals surface area (Å²) >= 11 is 0. The summed E-state index contributed by atoms with van der Waals surface area (Å²) in [5, 5.41) is 1.13. The molecule has 0 aliphatic rings. The van der Waals surface area contributed by atoms with E-state index < -0.39 is 0 Å². The molecule has 2 heterocycles. The van der Waals surface area contributed by atoms with Gasteiger partial charge in [0.15, 0.2) is 0 Å². The highest BCUT2D eigenvalue weighted by Crippen LogP contribution is 2.11. The molecule has 2 rings (SSSR count). The Bertz CT molecular complexity index is 434. The molecule has 2 aromatic rings. The lowest BCUT2D eigenvalue weighted by molar-refractivity contribution is 0.872. The Morgan fingerprint density at radius 1 is 1.50 bits per heavy atom. The molecule has 0 unspecified atom stereocenters. The fourth-order valence-corrected chi connectivity index (χ4v) is 1.25. The van der Waals surface area contributed by atoms with E-state index in [9.17, 15) is 0 Å². The van der Waals surface area contributed by atoms with Crippen LogP contribution in [0.15, 0.2) is 30.6 Å².